The van der Waals surface area contributed by atoms with Crippen LogP contribution >= 0.6 is 34.3 Å². The Morgan fingerprint density at radius 2 is 1.97 bits per heavy atom. The highest BCUT2D eigenvalue weighted by Gasteiger charge is 2.24. The van der Waals surface area contributed by atoms with E-state index in [1.165, 1.54) is 22.7 Å². The molecule has 6 nitrogen and oxygen atoms in total. The number of rotatable bonds is 6. The average molecular weight is 459 g/mol. The van der Waals surface area contributed by atoms with Crippen molar-refractivity contribution in [3.05, 3.63) is 75.1 Å². The van der Waals surface area contributed by atoms with E-state index in [9.17, 15) is 4.79 Å². The summed E-state index contributed by atoms with van der Waals surface area (Å²) in [5.74, 6) is 1.30. The second-order valence-corrected chi connectivity index (χ2v) is 9.33. The standard InChI is InChI=1S/C21H19ClN4O2S2/c1-12-18(30-21(24-12)15-8-9-16(22)29-15)20(27)25-17(19-23-10-11-26(19)2)13-4-6-14(28-3)7-5-13/h4-11,17H,1-3H3,(H,25,27). The first-order valence-electron chi connectivity index (χ1n) is 9.11. The highest BCUT2D eigenvalue weighted by atomic mass is 35.5. The molecule has 0 fully saturated rings. The monoisotopic (exact) mass is 458 g/mol. The molecule has 30 heavy (non-hydrogen) atoms. The summed E-state index contributed by atoms with van der Waals surface area (Å²) in [5.41, 5.74) is 1.59. The van der Waals surface area contributed by atoms with Gasteiger partial charge in [0.15, 0.2) is 0 Å². The smallest absolute Gasteiger partial charge is 0.264 e. The fourth-order valence-corrected chi connectivity index (χ4v) is 5.15. The van der Waals surface area contributed by atoms with E-state index in [0.29, 0.717) is 14.9 Å². The van der Waals surface area contributed by atoms with E-state index in [4.69, 9.17) is 16.3 Å². The normalized spacial score (nSPS) is 12.0. The van der Waals surface area contributed by atoms with Crippen LogP contribution in [-0.2, 0) is 7.05 Å². The zero-order chi connectivity index (χ0) is 21.3. The van der Waals surface area contributed by atoms with E-state index in [1.807, 2.05) is 61.1 Å². The van der Waals surface area contributed by atoms with Gasteiger partial charge in [0.25, 0.3) is 5.91 Å². The molecule has 0 aliphatic carbocycles. The molecule has 4 aromatic rings. The number of nitrogens with one attached hydrogen (secondary N) is 1. The van der Waals surface area contributed by atoms with Gasteiger partial charge in [-0.1, -0.05) is 23.7 Å². The van der Waals surface area contributed by atoms with E-state index < -0.39 is 6.04 Å². The van der Waals surface area contributed by atoms with E-state index in [2.05, 4.69) is 15.3 Å². The van der Waals surface area contributed by atoms with Gasteiger partial charge in [0.2, 0.25) is 0 Å². The number of ether oxygens (including phenoxy) is 1. The van der Waals surface area contributed by atoms with Gasteiger partial charge < -0.3 is 14.6 Å². The summed E-state index contributed by atoms with van der Waals surface area (Å²) in [6.45, 7) is 1.84. The van der Waals surface area contributed by atoms with Gasteiger partial charge in [-0.15, -0.1) is 22.7 Å². The number of aromatic nitrogens is 3. The van der Waals surface area contributed by atoms with Crippen LogP contribution in [0.1, 0.15) is 32.8 Å². The highest BCUT2D eigenvalue weighted by Crippen LogP contribution is 2.35. The minimum atomic E-state index is -0.412. The Labute approximate surface area is 187 Å². The lowest BCUT2D eigenvalue weighted by molar-refractivity contribution is 0.0944. The summed E-state index contributed by atoms with van der Waals surface area (Å²) in [6.07, 6.45) is 3.57. The van der Waals surface area contributed by atoms with Crippen LogP contribution in [-0.4, -0.2) is 27.6 Å². The summed E-state index contributed by atoms with van der Waals surface area (Å²) in [4.78, 5) is 23.7. The molecular weight excluding hydrogens is 440 g/mol. The fraction of sp³-hybridized carbons (Fsp3) is 0.190. The summed E-state index contributed by atoms with van der Waals surface area (Å²) in [5, 5.41) is 3.91. The predicted octanol–water partition coefficient (Wildman–Crippen LogP) is 5.09. The molecule has 0 radical (unpaired) electrons. The largest absolute Gasteiger partial charge is 0.497 e. The van der Waals surface area contributed by atoms with Crippen LogP contribution in [0, 0.1) is 6.92 Å². The number of hydrogen-bond acceptors (Lipinski definition) is 6. The number of thiazole rings is 1. The number of aryl methyl sites for hydroxylation is 2. The fourth-order valence-electron chi connectivity index (χ4n) is 3.09. The number of methoxy groups -OCH3 is 1. The molecule has 0 aliphatic rings. The van der Waals surface area contributed by atoms with Crippen LogP contribution in [0.5, 0.6) is 5.75 Å². The molecule has 4 rings (SSSR count). The molecule has 0 spiro atoms. The van der Waals surface area contributed by atoms with Gasteiger partial charge in [0, 0.05) is 19.4 Å². The van der Waals surface area contributed by atoms with Gasteiger partial charge in [-0.05, 0) is 36.8 Å². The molecule has 3 aromatic heterocycles. The second kappa shape index (κ2) is 8.59. The van der Waals surface area contributed by atoms with Crippen molar-refractivity contribution in [1.82, 2.24) is 19.9 Å². The topological polar surface area (TPSA) is 69.0 Å². The van der Waals surface area contributed by atoms with Crippen molar-refractivity contribution in [1.29, 1.82) is 0 Å². The van der Waals surface area contributed by atoms with Crippen LogP contribution in [0.25, 0.3) is 9.88 Å². The maximum Gasteiger partial charge on any atom is 0.264 e. The minimum absolute atomic E-state index is 0.192. The molecule has 0 aliphatic heterocycles. The molecule has 0 bridgehead atoms. The van der Waals surface area contributed by atoms with Crippen LogP contribution in [0.15, 0.2) is 48.8 Å². The van der Waals surface area contributed by atoms with E-state index in [-0.39, 0.29) is 5.91 Å². The lowest BCUT2D eigenvalue weighted by atomic mass is 10.1. The van der Waals surface area contributed by atoms with Crippen LogP contribution in [0.2, 0.25) is 4.34 Å². The number of carbonyl (C=O) groups excluding carboxylic acids is 1. The zero-order valence-electron chi connectivity index (χ0n) is 16.5. The Morgan fingerprint density at radius 1 is 1.20 bits per heavy atom. The first-order chi connectivity index (χ1) is 14.5. The minimum Gasteiger partial charge on any atom is -0.497 e. The number of hydrogen-bond donors (Lipinski definition) is 1. The quantitative estimate of drug-likeness (QED) is 0.436. The third-order valence-electron chi connectivity index (χ3n) is 4.63. The number of nitrogens with zero attached hydrogens (tertiary/aromatic N) is 3. The Balaban J connectivity index is 1.65. The first kappa shape index (κ1) is 20.6. The number of halogens is 1. The Bertz CT molecular complexity index is 1180. The molecule has 1 atom stereocenters. The molecule has 1 amide bonds. The summed E-state index contributed by atoms with van der Waals surface area (Å²) in [7, 11) is 3.53. The maximum absolute atomic E-state index is 13.2. The van der Waals surface area contributed by atoms with Gasteiger partial charge in [0.1, 0.15) is 27.5 Å². The van der Waals surface area contributed by atoms with Gasteiger partial charge >= 0.3 is 0 Å². The summed E-state index contributed by atoms with van der Waals surface area (Å²) < 4.78 is 7.84. The molecule has 1 unspecified atom stereocenters. The van der Waals surface area contributed by atoms with Gasteiger partial charge in [0.05, 0.1) is 22.0 Å². The Kier molecular flexibility index (Phi) is 5.90. The Hall–Kier alpha value is -2.68. The van der Waals surface area contributed by atoms with Crippen molar-refractivity contribution < 1.29 is 9.53 Å². The van der Waals surface area contributed by atoms with Crippen molar-refractivity contribution in [2.24, 2.45) is 7.05 Å². The van der Waals surface area contributed by atoms with E-state index >= 15 is 0 Å². The molecule has 1 aromatic carbocycles. The van der Waals surface area contributed by atoms with Gasteiger partial charge in [-0.25, -0.2) is 9.97 Å². The number of thiophene rings is 1. The number of benzene rings is 1. The lowest BCUT2D eigenvalue weighted by Gasteiger charge is -2.19. The van der Waals surface area contributed by atoms with Crippen molar-refractivity contribution in [3.63, 3.8) is 0 Å². The Morgan fingerprint density at radius 3 is 2.57 bits per heavy atom. The molecule has 1 N–H and O–H groups in total. The summed E-state index contributed by atoms with van der Waals surface area (Å²) in [6, 6.07) is 10.9. The molecule has 3 heterocycles. The third kappa shape index (κ3) is 4.12. The second-order valence-electron chi connectivity index (χ2n) is 6.61. The van der Waals surface area contributed by atoms with Crippen molar-refractivity contribution in [2.45, 2.75) is 13.0 Å². The number of carbonyl (C=O) groups is 1. The number of amides is 1. The first-order valence-corrected chi connectivity index (χ1v) is 11.1. The highest BCUT2D eigenvalue weighted by molar-refractivity contribution is 7.24. The SMILES string of the molecule is COc1ccc(C(NC(=O)c2sc(-c3ccc(Cl)s3)nc2C)c2nccn2C)cc1. The molecule has 0 saturated carbocycles. The zero-order valence-corrected chi connectivity index (χ0v) is 18.9. The maximum atomic E-state index is 13.2. The average Bonchev–Trinajstić information content (AvgIpc) is 3.46. The van der Waals surface area contributed by atoms with E-state index in [1.54, 1.807) is 13.3 Å². The van der Waals surface area contributed by atoms with Crippen LogP contribution < -0.4 is 10.1 Å². The predicted molar refractivity (Wildman–Crippen MR) is 121 cm³/mol. The van der Waals surface area contributed by atoms with Crippen molar-refractivity contribution in [2.75, 3.05) is 7.11 Å². The van der Waals surface area contributed by atoms with Gasteiger partial charge in [-0.2, -0.15) is 0 Å². The van der Waals surface area contributed by atoms with Crippen LogP contribution in [0.3, 0.4) is 0 Å². The van der Waals surface area contributed by atoms with E-state index in [0.717, 1.165) is 27.0 Å². The molecule has 0 saturated heterocycles. The summed E-state index contributed by atoms with van der Waals surface area (Å²) >= 11 is 8.85. The number of imidazole rings is 1. The van der Waals surface area contributed by atoms with Crippen molar-refractivity contribution in [3.8, 4) is 15.6 Å². The third-order valence-corrected chi connectivity index (χ3v) is 7.18. The van der Waals surface area contributed by atoms with Gasteiger partial charge in [-0.3, -0.25) is 4.79 Å². The van der Waals surface area contributed by atoms with Crippen molar-refractivity contribution >= 4 is 40.2 Å². The van der Waals surface area contributed by atoms with Crippen LogP contribution in [0.4, 0.5) is 0 Å². The molecule has 154 valence electrons. The lowest BCUT2D eigenvalue weighted by Crippen LogP contribution is -2.31. The molecule has 9 heteroatoms. The molecular formula is C21H19ClN4O2S2.